The van der Waals surface area contributed by atoms with Gasteiger partial charge in [-0.05, 0) is 31.2 Å². The number of methoxy groups -OCH3 is 1. The maximum Gasteiger partial charge on any atom is 0.317 e. The van der Waals surface area contributed by atoms with Crippen molar-refractivity contribution in [3.05, 3.63) is 22.4 Å². The third-order valence-corrected chi connectivity index (χ3v) is 5.02. The number of hydrogen-bond acceptors (Lipinski definition) is 4. The van der Waals surface area contributed by atoms with Crippen LogP contribution in [0.15, 0.2) is 17.5 Å². The van der Waals surface area contributed by atoms with E-state index in [0.29, 0.717) is 19.5 Å². The Labute approximate surface area is 129 Å². The summed E-state index contributed by atoms with van der Waals surface area (Å²) in [4.78, 5) is 27.0. The summed E-state index contributed by atoms with van der Waals surface area (Å²) in [5.74, 6) is -0.247. The summed E-state index contributed by atoms with van der Waals surface area (Å²) in [6.07, 6.45) is 1.48. The van der Waals surface area contributed by atoms with Gasteiger partial charge >= 0.3 is 12.0 Å². The molecule has 0 bridgehead atoms. The van der Waals surface area contributed by atoms with Gasteiger partial charge in [-0.25, -0.2) is 4.79 Å². The van der Waals surface area contributed by atoms with E-state index in [2.05, 4.69) is 5.32 Å². The third kappa shape index (κ3) is 3.37. The van der Waals surface area contributed by atoms with Crippen molar-refractivity contribution < 1.29 is 14.3 Å². The smallest absolute Gasteiger partial charge is 0.317 e. The van der Waals surface area contributed by atoms with Crippen molar-refractivity contribution in [3.63, 3.8) is 0 Å². The summed E-state index contributed by atoms with van der Waals surface area (Å²) >= 11 is 1.64. The van der Waals surface area contributed by atoms with Crippen molar-refractivity contribution in [2.45, 2.75) is 32.7 Å². The van der Waals surface area contributed by atoms with Crippen molar-refractivity contribution in [1.29, 1.82) is 0 Å². The molecule has 6 heteroatoms. The van der Waals surface area contributed by atoms with Gasteiger partial charge in [0.1, 0.15) is 0 Å². The highest BCUT2D eigenvalue weighted by Crippen LogP contribution is 2.31. The van der Waals surface area contributed by atoms with Crippen molar-refractivity contribution in [1.82, 2.24) is 10.2 Å². The van der Waals surface area contributed by atoms with Gasteiger partial charge in [0.15, 0.2) is 0 Å². The number of amides is 2. The number of nitrogens with zero attached hydrogens (tertiary/aromatic N) is 1. The summed E-state index contributed by atoms with van der Waals surface area (Å²) in [6.45, 7) is 4.89. The van der Waals surface area contributed by atoms with E-state index in [1.165, 1.54) is 7.11 Å². The minimum absolute atomic E-state index is 0.0301. The molecule has 0 saturated carbocycles. The molecule has 0 spiro atoms. The quantitative estimate of drug-likeness (QED) is 0.870. The Hall–Kier alpha value is -1.56. The van der Waals surface area contributed by atoms with Crippen LogP contribution >= 0.6 is 11.3 Å². The van der Waals surface area contributed by atoms with Crippen LogP contribution in [-0.2, 0) is 9.53 Å². The minimum Gasteiger partial charge on any atom is -0.469 e. The van der Waals surface area contributed by atoms with Crippen LogP contribution in [-0.4, -0.2) is 37.1 Å². The van der Waals surface area contributed by atoms with E-state index < -0.39 is 5.41 Å². The van der Waals surface area contributed by atoms with E-state index in [0.717, 1.165) is 11.3 Å². The highest BCUT2D eigenvalue weighted by molar-refractivity contribution is 7.10. The zero-order chi connectivity index (χ0) is 15.5. The van der Waals surface area contributed by atoms with Crippen LogP contribution in [0.2, 0.25) is 0 Å². The molecule has 1 saturated heterocycles. The van der Waals surface area contributed by atoms with Gasteiger partial charge in [0.25, 0.3) is 0 Å². The van der Waals surface area contributed by atoms with Gasteiger partial charge in [0, 0.05) is 18.0 Å². The maximum atomic E-state index is 12.4. The van der Waals surface area contributed by atoms with Gasteiger partial charge in [-0.15, -0.1) is 11.3 Å². The van der Waals surface area contributed by atoms with Gasteiger partial charge in [-0.1, -0.05) is 13.0 Å². The average molecular weight is 310 g/mol. The van der Waals surface area contributed by atoms with Crippen LogP contribution in [0.4, 0.5) is 4.79 Å². The predicted octanol–water partition coefficient (Wildman–Crippen LogP) is 2.79. The molecule has 1 fully saturated rings. The molecule has 2 amide bonds. The van der Waals surface area contributed by atoms with Gasteiger partial charge in [0.05, 0.1) is 18.6 Å². The first-order valence-electron chi connectivity index (χ1n) is 7.17. The molecule has 1 N–H and O–H groups in total. The molecule has 0 radical (unpaired) electrons. The topological polar surface area (TPSA) is 58.6 Å². The fourth-order valence-corrected chi connectivity index (χ4v) is 3.51. The number of hydrogen-bond donors (Lipinski definition) is 1. The molecular weight excluding hydrogens is 288 g/mol. The Balaban J connectivity index is 1.97. The van der Waals surface area contributed by atoms with Crippen LogP contribution in [0, 0.1) is 5.41 Å². The molecule has 5 nitrogen and oxygen atoms in total. The number of urea groups is 1. The highest BCUT2D eigenvalue weighted by atomic mass is 32.1. The van der Waals surface area contributed by atoms with E-state index in [1.54, 1.807) is 16.2 Å². The first kappa shape index (κ1) is 15.8. The molecule has 116 valence electrons. The molecule has 1 aliphatic rings. The monoisotopic (exact) mass is 310 g/mol. The minimum atomic E-state index is -0.587. The Morgan fingerprint density at radius 1 is 1.57 bits per heavy atom. The van der Waals surface area contributed by atoms with Crippen LogP contribution in [0.25, 0.3) is 0 Å². The molecule has 0 aliphatic carbocycles. The molecule has 1 aliphatic heterocycles. The SMILES string of the molecule is CC[C@@H](NC(=O)N1CC[C@](C)(C(=O)OC)C1)c1cccs1. The number of rotatable bonds is 4. The van der Waals surface area contributed by atoms with E-state index in [4.69, 9.17) is 4.74 Å². The lowest BCUT2D eigenvalue weighted by atomic mass is 9.90. The van der Waals surface area contributed by atoms with E-state index in [9.17, 15) is 9.59 Å². The van der Waals surface area contributed by atoms with Crippen molar-refractivity contribution in [3.8, 4) is 0 Å². The molecule has 2 rings (SSSR count). The first-order valence-corrected chi connectivity index (χ1v) is 8.05. The molecule has 0 aromatic carbocycles. The molecule has 2 atom stereocenters. The molecule has 1 aromatic rings. The third-order valence-electron chi connectivity index (χ3n) is 4.03. The maximum absolute atomic E-state index is 12.4. The predicted molar refractivity (Wildman–Crippen MR) is 82.2 cm³/mol. The van der Waals surface area contributed by atoms with Crippen molar-refractivity contribution in [2.24, 2.45) is 5.41 Å². The largest absolute Gasteiger partial charge is 0.469 e. The van der Waals surface area contributed by atoms with Gasteiger partial charge in [-0.2, -0.15) is 0 Å². The summed E-state index contributed by atoms with van der Waals surface area (Å²) < 4.78 is 4.83. The number of nitrogens with one attached hydrogen (secondary N) is 1. The fourth-order valence-electron chi connectivity index (χ4n) is 2.65. The Bertz CT molecular complexity index is 503. The lowest BCUT2D eigenvalue weighted by Gasteiger charge is -2.24. The van der Waals surface area contributed by atoms with E-state index >= 15 is 0 Å². The number of carbonyl (C=O) groups is 2. The van der Waals surface area contributed by atoms with Crippen LogP contribution in [0.1, 0.15) is 37.6 Å². The number of esters is 1. The molecule has 21 heavy (non-hydrogen) atoms. The number of thiophene rings is 1. The molecule has 0 unspecified atom stereocenters. The van der Waals surface area contributed by atoms with Crippen molar-refractivity contribution >= 4 is 23.3 Å². The Kier molecular flexibility index (Phi) is 4.88. The van der Waals surface area contributed by atoms with Crippen LogP contribution in [0.3, 0.4) is 0 Å². The number of ether oxygens (including phenoxy) is 1. The highest BCUT2D eigenvalue weighted by Gasteiger charge is 2.43. The Morgan fingerprint density at radius 2 is 2.33 bits per heavy atom. The van der Waals surface area contributed by atoms with Gasteiger partial charge in [0.2, 0.25) is 0 Å². The lowest BCUT2D eigenvalue weighted by molar-refractivity contribution is -0.150. The van der Waals surface area contributed by atoms with Gasteiger partial charge < -0.3 is 15.0 Å². The lowest BCUT2D eigenvalue weighted by Crippen LogP contribution is -2.42. The van der Waals surface area contributed by atoms with Crippen LogP contribution < -0.4 is 5.32 Å². The molecule has 1 aromatic heterocycles. The normalized spacial score (nSPS) is 22.9. The first-order chi connectivity index (χ1) is 10.00. The molecular formula is C15H22N2O3S. The summed E-state index contributed by atoms with van der Waals surface area (Å²) in [5, 5.41) is 5.06. The van der Waals surface area contributed by atoms with Crippen LogP contribution in [0.5, 0.6) is 0 Å². The summed E-state index contributed by atoms with van der Waals surface area (Å²) in [6, 6.07) is 3.94. The van der Waals surface area contributed by atoms with E-state index in [1.807, 2.05) is 31.4 Å². The molecule has 2 heterocycles. The second kappa shape index (κ2) is 6.47. The second-order valence-electron chi connectivity index (χ2n) is 5.65. The Morgan fingerprint density at radius 3 is 2.90 bits per heavy atom. The second-order valence-corrected chi connectivity index (χ2v) is 6.63. The summed E-state index contributed by atoms with van der Waals surface area (Å²) in [7, 11) is 1.39. The van der Waals surface area contributed by atoms with E-state index in [-0.39, 0.29) is 18.0 Å². The summed E-state index contributed by atoms with van der Waals surface area (Å²) in [5.41, 5.74) is -0.587. The zero-order valence-corrected chi connectivity index (χ0v) is 13.5. The van der Waals surface area contributed by atoms with Crippen molar-refractivity contribution in [2.75, 3.05) is 20.2 Å². The standard InChI is InChI=1S/C15H22N2O3S/c1-4-11(12-6-5-9-21-12)16-14(19)17-8-7-15(2,10-17)13(18)20-3/h5-6,9,11H,4,7-8,10H2,1-3H3,(H,16,19)/t11-,15+/m1/s1. The van der Waals surface area contributed by atoms with Gasteiger partial charge in [-0.3, -0.25) is 4.79 Å². The fraction of sp³-hybridized carbons (Fsp3) is 0.600. The average Bonchev–Trinajstić information content (AvgIpc) is 3.14. The zero-order valence-electron chi connectivity index (χ0n) is 12.7. The number of likely N-dealkylation sites (tertiary alicyclic amines) is 1. The number of carbonyl (C=O) groups excluding carboxylic acids is 2.